The second kappa shape index (κ2) is 9.41. The van der Waals surface area contributed by atoms with Crippen molar-refractivity contribution >= 4 is 11.3 Å². The Labute approximate surface area is 224 Å². The molecule has 3 fully saturated rings. The van der Waals surface area contributed by atoms with E-state index in [1.54, 1.807) is 0 Å². The first kappa shape index (κ1) is 23.2. The number of nitrogens with zero attached hydrogens (tertiary/aromatic N) is 5. The molecule has 3 saturated heterocycles. The van der Waals surface area contributed by atoms with E-state index >= 15 is 0 Å². The Morgan fingerprint density at radius 2 is 1.61 bits per heavy atom. The van der Waals surface area contributed by atoms with Crippen molar-refractivity contribution in [3.05, 3.63) is 109 Å². The van der Waals surface area contributed by atoms with Crippen molar-refractivity contribution in [1.29, 1.82) is 0 Å². The lowest BCUT2D eigenvalue weighted by Crippen LogP contribution is -2.68. The van der Waals surface area contributed by atoms with E-state index in [1.807, 2.05) is 16.9 Å². The molecule has 3 aliphatic rings. The van der Waals surface area contributed by atoms with E-state index < -0.39 is 0 Å². The van der Waals surface area contributed by atoms with Crippen LogP contribution in [0.5, 0.6) is 0 Å². The van der Waals surface area contributed by atoms with Crippen LogP contribution in [0.3, 0.4) is 0 Å². The Kier molecular flexibility index (Phi) is 5.74. The summed E-state index contributed by atoms with van der Waals surface area (Å²) in [5.74, 6) is 1.60. The number of hydrogen-bond acceptors (Lipinski definition) is 4. The maximum atomic E-state index is 4.95. The number of pyridine rings is 2. The van der Waals surface area contributed by atoms with Gasteiger partial charge in [0.05, 0.1) is 5.52 Å². The minimum atomic E-state index is 0.524. The van der Waals surface area contributed by atoms with Gasteiger partial charge in [-0.1, -0.05) is 68.4 Å². The number of fused-ring (bicyclic) bond motifs is 3. The van der Waals surface area contributed by atoms with Gasteiger partial charge in [0.15, 0.2) is 0 Å². The molecule has 190 valence electrons. The van der Waals surface area contributed by atoms with Gasteiger partial charge in [-0.25, -0.2) is 9.50 Å². The number of anilines is 1. The highest BCUT2D eigenvalue weighted by Gasteiger charge is 2.44. The standard InChI is InChI=1S/C33H33N5/c1-23(2)25-8-10-26(11-9-25)28-16-31(32-14-15-35-38(32)20-28)27-12-13-33(34-18-27)36-21-29-17-30(22-36)37(29)19-24-6-4-3-5-7-24/h3-16,18,20,23,29-30H,17,19,21-22H2,1-2H3. The molecule has 0 saturated carbocycles. The number of piperidine rings is 1. The van der Waals surface area contributed by atoms with Gasteiger partial charge in [-0.3, -0.25) is 4.90 Å². The van der Waals surface area contributed by atoms with E-state index in [1.165, 1.54) is 23.1 Å². The van der Waals surface area contributed by atoms with Gasteiger partial charge in [0.2, 0.25) is 0 Å². The molecule has 8 rings (SSSR count). The van der Waals surface area contributed by atoms with Gasteiger partial charge in [-0.05, 0) is 53.3 Å². The molecule has 0 spiro atoms. The molecule has 5 heteroatoms. The predicted octanol–water partition coefficient (Wildman–Crippen LogP) is 6.65. The Balaban J connectivity index is 1.12. The number of rotatable bonds is 6. The Hall–Kier alpha value is -3.96. The van der Waals surface area contributed by atoms with E-state index in [0.29, 0.717) is 18.0 Å². The van der Waals surface area contributed by atoms with Crippen LogP contribution in [0, 0.1) is 0 Å². The zero-order valence-corrected chi connectivity index (χ0v) is 22.0. The number of aromatic nitrogens is 3. The highest BCUT2D eigenvalue weighted by Crippen LogP contribution is 2.36. The average Bonchev–Trinajstić information content (AvgIpc) is 3.45. The molecular weight excluding hydrogens is 466 g/mol. The van der Waals surface area contributed by atoms with Crippen LogP contribution in [0.2, 0.25) is 0 Å². The van der Waals surface area contributed by atoms with Crippen LogP contribution < -0.4 is 4.90 Å². The molecule has 5 nitrogen and oxygen atoms in total. The summed E-state index contributed by atoms with van der Waals surface area (Å²) >= 11 is 0. The van der Waals surface area contributed by atoms with Crippen LogP contribution in [-0.2, 0) is 6.54 Å². The fourth-order valence-electron chi connectivity index (χ4n) is 6.14. The van der Waals surface area contributed by atoms with Gasteiger partial charge in [-0.2, -0.15) is 5.10 Å². The van der Waals surface area contributed by atoms with E-state index in [9.17, 15) is 0 Å². The van der Waals surface area contributed by atoms with Crippen LogP contribution >= 0.6 is 0 Å². The first-order valence-corrected chi connectivity index (χ1v) is 13.7. The summed E-state index contributed by atoms with van der Waals surface area (Å²) in [5, 5.41) is 4.56. The monoisotopic (exact) mass is 499 g/mol. The molecule has 3 aromatic heterocycles. The van der Waals surface area contributed by atoms with Crippen molar-refractivity contribution in [2.75, 3.05) is 18.0 Å². The summed E-state index contributed by atoms with van der Waals surface area (Å²) in [6.07, 6.45) is 7.32. The Morgan fingerprint density at radius 3 is 2.32 bits per heavy atom. The minimum absolute atomic E-state index is 0.524. The summed E-state index contributed by atoms with van der Waals surface area (Å²) in [6.45, 7) is 7.60. The molecule has 6 heterocycles. The SMILES string of the molecule is CC(C)c1ccc(-c2cc(-c3ccc(N4CC5CC(C4)N5Cc4ccccc4)nc3)c3ccnn3c2)cc1. The zero-order valence-electron chi connectivity index (χ0n) is 22.0. The molecule has 2 atom stereocenters. The first-order valence-electron chi connectivity index (χ1n) is 13.7. The summed E-state index contributed by atoms with van der Waals surface area (Å²) in [7, 11) is 0. The highest BCUT2D eigenvalue weighted by molar-refractivity contribution is 5.84. The zero-order chi connectivity index (χ0) is 25.6. The third-order valence-corrected chi connectivity index (χ3v) is 8.35. The lowest BCUT2D eigenvalue weighted by Gasteiger charge is -2.56. The second-order valence-electron chi connectivity index (χ2n) is 11.1. The Bertz CT molecular complexity index is 1540. The molecule has 2 bridgehead atoms. The normalized spacial score (nSPS) is 19.2. The molecule has 0 aliphatic carbocycles. The van der Waals surface area contributed by atoms with Gasteiger partial charge in [0, 0.05) is 67.0 Å². The van der Waals surface area contributed by atoms with Crippen molar-refractivity contribution in [1.82, 2.24) is 19.5 Å². The third kappa shape index (κ3) is 4.17. The van der Waals surface area contributed by atoms with Crippen LogP contribution in [-0.4, -0.2) is 44.7 Å². The average molecular weight is 500 g/mol. The number of benzene rings is 2. The lowest BCUT2D eigenvalue weighted by molar-refractivity contribution is -0.00867. The quantitative estimate of drug-likeness (QED) is 0.262. The first-order chi connectivity index (χ1) is 18.6. The number of piperazine rings is 1. The van der Waals surface area contributed by atoms with Gasteiger partial charge in [0.1, 0.15) is 5.82 Å². The third-order valence-electron chi connectivity index (χ3n) is 8.35. The van der Waals surface area contributed by atoms with Crippen LogP contribution in [0.15, 0.2) is 97.5 Å². The van der Waals surface area contributed by atoms with E-state index in [-0.39, 0.29) is 0 Å². The lowest BCUT2D eigenvalue weighted by atomic mass is 9.86. The molecule has 38 heavy (non-hydrogen) atoms. The van der Waals surface area contributed by atoms with Gasteiger partial charge < -0.3 is 4.90 Å². The summed E-state index contributed by atoms with van der Waals surface area (Å²) in [6, 6.07) is 29.7. The van der Waals surface area contributed by atoms with Gasteiger partial charge >= 0.3 is 0 Å². The maximum Gasteiger partial charge on any atom is 0.128 e. The fourth-order valence-corrected chi connectivity index (χ4v) is 6.14. The predicted molar refractivity (Wildman–Crippen MR) is 154 cm³/mol. The highest BCUT2D eigenvalue weighted by atomic mass is 15.4. The van der Waals surface area contributed by atoms with Gasteiger partial charge in [-0.15, -0.1) is 0 Å². The van der Waals surface area contributed by atoms with Crippen LogP contribution in [0.1, 0.15) is 37.3 Å². The van der Waals surface area contributed by atoms with Crippen LogP contribution in [0.25, 0.3) is 27.8 Å². The van der Waals surface area contributed by atoms with Crippen molar-refractivity contribution in [2.24, 2.45) is 0 Å². The maximum absolute atomic E-state index is 4.95. The summed E-state index contributed by atoms with van der Waals surface area (Å²) in [5.41, 5.74) is 8.48. The van der Waals surface area contributed by atoms with Crippen molar-refractivity contribution in [2.45, 2.75) is 44.8 Å². The molecule has 5 aromatic rings. The largest absolute Gasteiger partial charge is 0.353 e. The Morgan fingerprint density at radius 1 is 0.842 bits per heavy atom. The van der Waals surface area contributed by atoms with E-state index in [4.69, 9.17) is 4.98 Å². The second-order valence-corrected chi connectivity index (χ2v) is 11.1. The molecule has 0 amide bonds. The molecule has 2 aromatic carbocycles. The van der Waals surface area contributed by atoms with E-state index in [2.05, 4.69) is 114 Å². The fraction of sp³-hybridized carbons (Fsp3) is 0.273. The van der Waals surface area contributed by atoms with Crippen molar-refractivity contribution in [3.63, 3.8) is 0 Å². The molecule has 0 N–H and O–H groups in total. The number of hydrogen-bond donors (Lipinski definition) is 0. The summed E-state index contributed by atoms with van der Waals surface area (Å²) in [4.78, 5) is 10.1. The smallest absolute Gasteiger partial charge is 0.128 e. The van der Waals surface area contributed by atoms with Crippen LogP contribution in [0.4, 0.5) is 5.82 Å². The summed E-state index contributed by atoms with van der Waals surface area (Å²) < 4.78 is 1.98. The minimum Gasteiger partial charge on any atom is -0.353 e. The molecule has 3 aliphatic heterocycles. The van der Waals surface area contributed by atoms with Crippen molar-refractivity contribution in [3.8, 4) is 22.3 Å². The molecular formula is C33H33N5. The van der Waals surface area contributed by atoms with Crippen molar-refractivity contribution < 1.29 is 0 Å². The topological polar surface area (TPSA) is 36.7 Å². The van der Waals surface area contributed by atoms with E-state index in [0.717, 1.165) is 47.7 Å². The molecule has 0 radical (unpaired) electrons. The molecule has 2 unspecified atom stereocenters. The van der Waals surface area contributed by atoms with Gasteiger partial charge in [0.25, 0.3) is 0 Å².